The number of methoxy groups -OCH3 is 1. The highest BCUT2D eigenvalue weighted by Crippen LogP contribution is 2.24. The second kappa shape index (κ2) is 7.93. The van der Waals surface area contributed by atoms with Crippen molar-refractivity contribution in [2.45, 2.75) is 26.8 Å². The molecule has 1 aromatic heterocycles. The highest BCUT2D eigenvalue weighted by Gasteiger charge is 2.27. The Morgan fingerprint density at radius 3 is 2.52 bits per heavy atom. The molecule has 1 saturated heterocycles. The number of rotatable bonds is 3. The first kappa shape index (κ1) is 19.3. The van der Waals surface area contributed by atoms with Crippen LogP contribution in [-0.4, -0.2) is 48.2 Å². The first-order valence-corrected chi connectivity index (χ1v) is 8.38. The van der Waals surface area contributed by atoms with E-state index in [9.17, 15) is 4.79 Å². The van der Waals surface area contributed by atoms with Gasteiger partial charge in [-0.25, -0.2) is 0 Å². The fourth-order valence-electron chi connectivity index (χ4n) is 3.41. The smallest absolute Gasteiger partial charge is 0.256 e. The molecule has 0 spiro atoms. The van der Waals surface area contributed by atoms with E-state index < -0.39 is 0 Å². The molecular formula is C19H26ClN3O2. The normalized spacial score (nSPS) is 17.1. The molecule has 1 aliphatic heterocycles. The van der Waals surface area contributed by atoms with Crippen molar-refractivity contribution in [1.82, 2.24) is 14.8 Å². The van der Waals surface area contributed by atoms with Crippen molar-refractivity contribution in [3.63, 3.8) is 0 Å². The molecule has 2 heterocycles. The number of aryl methyl sites for hydroxylation is 1. The van der Waals surface area contributed by atoms with E-state index in [1.807, 2.05) is 49.1 Å². The van der Waals surface area contributed by atoms with Gasteiger partial charge in [0.2, 0.25) is 0 Å². The molecule has 0 saturated carbocycles. The number of piperazine rings is 1. The number of carbonyl (C=O) groups excluding carboxylic acids is 1. The number of nitrogens with one attached hydrogen (secondary N) is 1. The van der Waals surface area contributed by atoms with Crippen LogP contribution in [0.2, 0.25) is 0 Å². The van der Waals surface area contributed by atoms with Gasteiger partial charge in [0.1, 0.15) is 5.75 Å². The fourth-order valence-corrected chi connectivity index (χ4v) is 3.41. The molecule has 25 heavy (non-hydrogen) atoms. The number of benzene rings is 1. The molecule has 1 atom stereocenters. The Balaban J connectivity index is 0.00000225. The molecule has 0 bridgehead atoms. The maximum Gasteiger partial charge on any atom is 0.256 e. The van der Waals surface area contributed by atoms with Crippen LogP contribution in [0.1, 0.15) is 28.7 Å². The van der Waals surface area contributed by atoms with Crippen LogP contribution >= 0.6 is 12.4 Å². The Hall–Kier alpha value is -1.98. The van der Waals surface area contributed by atoms with Crippen molar-refractivity contribution in [3.8, 4) is 11.4 Å². The predicted molar refractivity (Wildman–Crippen MR) is 102 cm³/mol. The molecular weight excluding hydrogens is 338 g/mol. The minimum atomic E-state index is 0. The summed E-state index contributed by atoms with van der Waals surface area (Å²) in [6, 6.07) is 10.1. The Labute approximate surface area is 155 Å². The third kappa shape index (κ3) is 3.67. The van der Waals surface area contributed by atoms with Gasteiger partial charge in [-0.05, 0) is 51.1 Å². The van der Waals surface area contributed by atoms with E-state index >= 15 is 0 Å². The largest absolute Gasteiger partial charge is 0.497 e. The molecule has 0 radical (unpaired) electrons. The number of hydrogen-bond acceptors (Lipinski definition) is 3. The summed E-state index contributed by atoms with van der Waals surface area (Å²) in [5, 5.41) is 3.33. The summed E-state index contributed by atoms with van der Waals surface area (Å²) in [6.45, 7) is 8.60. The summed E-state index contributed by atoms with van der Waals surface area (Å²) < 4.78 is 7.35. The number of amides is 1. The number of carbonyl (C=O) groups is 1. The molecule has 6 heteroatoms. The molecule has 136 valence electrons. The maximum absolute atomic E-state index is 13.0. The van der Waals surface area contributed by atoms with Crippen LogP contribution in [0.25, 0.3) is 5.69 Å². The van der Waals surface area contributed by atoms with Crippen molar-refractivity contribution in [1.29, 1.82) is 0 Å². The summed E-state index contributed by atoms with van der Waals surface area (Å²) in [4.78, 5) is 15.0. The van der Waals surface area contributed by atoms with Crippen molar-refractivity contribution in [3.05, 3.63) is 47.3 Å². The third-order valence-electron chi connectivity index (χ3n) is 4.75. The topological polar surface area (TPSA) is 46.5 Å². The highest BCUT2D eigenvalue weighted by molar-refractivity contribution is 5.96. The van der Waals surface area contributed by atoms with Gasteiger partial charge in [0.25, 0.3) is 5.91 Å². The molecule has 1 N–H and O–H groups in total. The second-order valence-corrected chi connectivity index (χ2v) is 6.37. The van der Waals surface area contributed by atoms with Gasteiger partial charge in [0.15, 0.2) is 0 Å². The first-order chi connectivity index (χ1) is 11.5. The minimum absolute atomic E-state index is 0. The van der Waals surface area contributed by atoms with Crippen LogP contribution in [0, 0.1) is 13.8 Å². The minimum Gasteiger partial charge on any atom is -0.497 e. The Morgan fingerprint density at radius 2 is 1.92 bits per heavy atom. The molecule has 5 nitrogen and oxygen atoms in total. The van der Waals surface area contributed by atoms with Crippen molar-refractivity contribution in [2.24, 2.45) is 0 Å². The molecule has 1 aliphatic rings. The zero-order chi connectivity index (χ0) is 17.3. The molecule has 1 amide bonds. The molecule has 3 rings (SSSR count). The summed E-state index contributed by atoms with van der Waals surface area (Å²) in [7, 11) is 1.66. The lowest BCUT2D eigenvalue weighted by Crippen LogP contribution is -2.52. The number of hydrogen-bond donors (Lipinski definition) is 1. The average Bonchev–Trinajstić information content (AvgIpc) is 2.89. The predicted octanol–water partition coefficient (Wildman–Crippen LogP) is 2.96. The van der Waals surface area contributed by atoms with Crippen LogP contribution in [0.3, 0.4) is 0 Å². The average molecular weight is 364 g/mol. The lowest BCUT2D eigenvalue weighted by atomic mass is 10.1. The van der Waals surface area contributed by atoms with Gasteiger partial charge in [-0.2, -0.15) is 0 Å². The van der Waals surface area contributed by atoms with Crippen LogP contribution in [0.15, 0.2) is 30.3 Å². The van der Waals surface area contributed by atoms with E-state index in [0.29, 0.717) is 0 Å². The first-order valence-electron chi connectivity index (χ1n) is 8.38. The standard InChI is InChI=1S/C19H25N3O2.ClH/c1-13-11-18(19(23)21-10-9-20-12-14(21)2)15(3)22(13)16-5-7-17(24-4)8-6-16;/h5-8,11,14,20H,9-10,12H2,1-4H3;1H/t14-;/m0./s1. The number of nitrogens with zero attached hydrogens (tertiary/aromatic N) is 2. The van der Waals surface area contributed by atoms with E-state index in [-0.39, 0.29) is 24.4 Å². The van der Waals surface area contributed by atoms with E-state index in [2.05, 4.69) is 16.8 Å². The highest BCUT2D eigenvalue weighted by atomic mass is 35.5. The monoisotopic (exact) mass is 363 g/mol. The fraction of sp³-hybridized carbons (Fsp3) is 0.421. The van der Waals surface area contributed by atoms with E-state index in [4.69, 9.17) is 4.74 Å². The van der Waals surface area contributed by atoms with Gasteiger partial charge in [-0.3, -0.25) is 4.79 Å². The Bertz CT molecular complexity index is 740. The van der Waals surface area contributed by atoms with Gasteiger partial charge < -0.3 is 19.5 Å². The lowest BCUT2D eigenvalue weighted by Gasteiger charge is -2.34. The van der Waals surface area contributed by atoms with Crippen LogP contribution < -0.4 is 10.1 Å². The number of aromatic nitrogens is 1. The summed E-state index contributed by atoms with van der Waals surface area (Å²) in [6.07, 6.45) is 0. The zero-order valence-corrected chi connectivity index (χ0v) is 16.0. The number of ether oxygens (including phenoxy) is 1. The molecule has 0 unspecified atom stereocenters. The molecule has 1 fully saturated rings. The van der Waals surface area contributed by atoms with Gasteiger partial charge in [-0.1, -0.05) is 0 Å². The van der Waals surface area contributed by atoms with Gasteiger partial charge in [0, 0.05) is 42.8 Å². The number of halogens is 1. The molecule has 0 aliphatic carbocycles. The van der Waals surface area contributed by atoms with E-state index in [1.165, 1.54) is 0 Å². The summed E-state index contributed by atoms with van der Waals surface area (Å²) in [5.74, 6) is 0.948. The molecule has 1 aromatic carbocycles. The van der Waals surface area contributed by atoms with E-state index in [1.54, 1.807) is 7.11 Å². The summed E-state index contributed by atoms with van der Waals surface area (Å²) >= 11 is 0. The van der Waals surface area contributed by atoms with Crippen LogP contribution in [-0.2, 0) is 0 Å². The third-order valence-corrected chi connectivity index (χ3v) is 4.75. The SMILES string of the molecule is COc1ccc(-n2c(C)cc(C(=O)N3CCNC[C@@H]3C)c2C)cc1.Cl. The van der Waals surface area contributed by atoms with Crippen molar-refractivity contribution < 1.29 is 9.53 Å². The maximum atomic E-state index is 13.0. The lowest BCUT2D eigenvalue weighted by molar-refractivity contribution is 0.0655. The summed E-state index contributed by atoms with van der Waals surface area (Å²) in [5.41, 5.74) is 3.87. The second-order valence-electron chi connectivity index (χ2n) is 6.37. The van der Waals surface area contributed by atoms with Gasteiger partial charge in [-0.15, -0.1) is 12.4 Å². The van der Waals surface area contributed by atoms with Crippen LogP contribution in [0.5, 0.6) is 5.75 Å². The zero-order valence-electron chi connectivity index (χ0n) is 15.2. The van der Waals surface area contributed by atoms with Gasteiger partial charge >= 0.3 is 0 Å². The van der Waals surface area contributed by atoms with Crippen molar-refractivity contribution >= 4 is 18.3 Å². The Kier molecular flexibility index (Phi) is 6.14. The quantitative estimate of drug-likeness (QED) is 0.912. The molecule has 2 aromatic rings. The van der Waals surface area contributed by atoms with Crippen LogP contribution in [0.4, 0.5) is 0 Å². The van der Waals surface area contributed by atoms with Gasteiger partial charge in [0.05, 0.1) is 12.7 Å². The van der Waals surface area contributed by atoms with Crippen molar-refractivity contribution in [2.75, 3.05) is 26.7 Å². The van der Waals surface area contributed by atoms with E-state index in [0.717, 1.165) is 48.0 Å². The Morgan fingerprint density at radius 1 is 1.24 bits per heavy atom.